The van der Waals surface area contributed by atoms with Gasteiger partial charge >= 0.3 is 5.97 Å². The Morgan fingerprint density at radius 2 is 2.17 bits per heavy atom. The van der Waals surface area contributed by atoms with Gasteiger partial charge < -0.3 is 14.2 Å². The molecule has 0 radical (unpaired) electrons. The molecule has 70 valence electrons. The average Bonchev–Trinajstić information content (AvgIpc) is 2.77. The summed E-state index contributed by atoms with van der Waals surface area (Å²) in [6.45, 7) is 1.95. The predicted octanol–water partition coefficient (Wildman–Crippen LogP) is 0.352. The van der Waals surface area contributed by atoms with Crippen molar-refractivity contribution in [3.05, 3.63) is 0 Å². The van der Waals surface area contributed by atoms with Gasteiger partial charge in [0.1, 0.15) is 6.10 Å². The molecule has 4 nitrogen and oxygen atoms in total. The van der Waals surface area contributed by atoms with E-state index in [1.54, 1.807) is 7.11 Å². The molecule has 0 aromatic heterocycles. The van der Waals surface area contributed by atoms with Crippen LogP contribution in [0.1, 0.15) is 13.3 Å². The van der Waals surface area contributed by atoms with Crippen LogP contribution in [0.4, 0.5) is 0 Å². The largest absolute Gasteiger partial charge is 0.469 e. The van der Waals surface area contributed by atoms with Gasteiger partial charge in [-0.05, 0) is 6.92 Å². The molecule has 1 fully saturated rings. The lowest BCUT2D eigenvalue weighted by Gasteiger charge is -2.10. The number of rotatable bonds is 4. The van der Waals surface area contributed by atoms with Crippen LogP contribution in [0.3, 0.4) is 0 Å². The summed E-state index contributed by atoms with van der Waals surface area (Å²) in [5, 5.41) is 0. The fourth-order valence-electron chi connectivity index (χ4n) is 1.17. The third-order valence-corrected chi connectivity index (χ3v) is 2.02. The van der Waals surface area contributed by atoms with Crippen molar-refractivity contribution < 1.29 is 19.0 Å². The number of carbonyl (C=O) groups excluding carboxylic acids is 1. The Kier molecular flexibility index (Phi) is 3.05. The Morgan fingerprint density at radius 3 is 2.50 bits per heavy atom. The minimum absolute atomic E-state index is 0.0640. The van der Waals surface area contributed by atoms with E-state index in [1.807, 2.05) is 6.92 Å². The summed E-state index contributed by atoms with van der Waals surface area (Å²) in [5.74, 6) is -0.260. The second-order valence-corrected chi connectivity index (χ2v) is 2.86. The zero-order valence-electron chi connectivity index (χ0n) is 7.57. The van der Waals surface area contributed by atoms with Gasteiger partial charge in [0.25, 0.3) is 0 Å². The third-order valence-electron chi connectivity index (χ3n) is 2.02. The Labute approximate surface area is 71.8 Å². The molecule has 3 atom stereocenters. The maximum atomic E-state index is 10.9. The van der Waals surface area contributed by atoms with Crippen LogP contribution >= 0.6 is 0 Å². The summed E-state index contributed by atoms with van der Waals surface area (Å²) < 4.78 is 14.8. The number of hydrogen-bond donors (Lipinski definition) is 0. The van der Waals surface area contributed by atoms with Gasteiger partial charge in [0.15, 0.2) is 0 Å². The SMILES string of the molecule is COC(=O)CC(OC)[C@@H]1O[C@H]1C. The smallest absolute Gasteiger partial charge is 0.308 e. The van der Waals surface area contributed by atoms with E-state index < -0.39 is 0 Å². The maximum absolute atomic E-state index is 10.9. The van der Waals surface area contributed by atoms with Gasteiger partial charge in [0, 0.05) is 7.11 Å². The summed E-state index contributed by atoms with van der Waals surface area (Å²) in [4.78, 5) is 10.9. The number of ether oxygens (including phenoxy) is 3. The van der Waals surface area contributed by atoms with Crippen molar-refractivity contribution in [3.8, 4) is 0 Å². The highest BCUT2D eigenvalue weighted by Crippen LogP contribution is 2.27. The zero-order valence-corrected chi connectivity index (χ0v) is 7.57. The highest BCUT2D eigenvalue weighted by molar-refractivity contribution is 5.69. The quantitative estimate of drug-likeness (QED) is 0.456. The molecule has 0 saturated carbocycles. The molecule has 4 heteroatoms. The lowest BCUT2D eigenvalue weighted by Crippen LogP contribution is -2.23. The molecule has 0 N–H and O–H groups in total. The highest BCUT2D eigenvalue weighted by Gasteiger charge is 2.42. The van der Waals surface area contributed by atoms with Crippen LogP contribution in [0.5, 0.6) is 0 Å². The molecule has 0 aromatic rings. The number of methoxy groups -OCH3 is 2. The lowest BCUT2D eigenvalue weighted by atomic mass is 10.1. The fraction of sp³-hybridized carbons (Fsp3) is 0.875. The molecule has 0 spiro atoms. The van der Waals surface area contributed by atoms with E-state index in [0.29, 0.717) is 0 Å². The number of epoxide rings is 1. The second-order valence-electron chi connectivity index (χ2n) is 2.86. The van der Waals surface area contributed by atoms with E-state index in [1.165, 1.54) is 7.11 Å². The predicted molar refractivity (Wildman–Crippen MR) is 41.8 cm³/mol. The van der Waals surface area contributed by atoms with Crippen molar-refractivity contribution in [1.82, 2.24) is 0 Å². The molecule has 1 unspecified atom stereocenters. The molecule has 1 aliphatic heterocycles. The van der Waals surface area contributed by atoms with E-state index in [4.69, 9.17) is 9.47 Å². The van der Waals surface area contributed by atoms with Gasteiger partial charge in [-0.1, -0.05) is 0 Å². The van der Waals surface area contributed by atoms with E-state index in [-0.39, 0.29) is 30.7 Å². The first-order valence-electron chi connectivity index (χ1n) is 3.94. The zero-order chi connectivity index (χ0) is 9.14. The normalized spacial score (nSPS) is 29.6. The van der Waals surface area contributed by atoms with Gasteiger partial charge in [0.05, 0.1) is 25.7 Å². The molecule has 0 bridgehead atoms. The van der Waals surface area contributed by atoms with E-state index >= 15 is 0 Å². The first-order valence-corrected chi connectivity index (χ1v) is 3.94. The summed E-state index contributed by atoms with van der Waals surface area (Å²) in [5.41, 5.74) is 0. The Morgan fingerprint density at radius 1 is 1.58 bits per heavy atom. The van der Waals surface area contributed by atoms with Crippen LogP contribution in [-0.4, -0.2) is 38.5 Å². The summed E-state index contributed by atoms with van der Waals surface area (Å²) in [7, 11) is 2.94. The van der Waals surface area contributed by atoms with E-state index in [2.05, 4.69) is 4.74 Å². The summed E-state index contributed by atoms with van der Waals surface area (Å²) in [6, 6.07) is 0. The molecule has 1 rings (SSSR count). The first-order chi connectivity index (χ1) is 5.69. The van der Waals surface area contributed by atoms with Crippen LogP contribution in [-0.2, 0) is 19.0 Å². The van der Waals surface area contributed by atoms with Crippen LogP contribution in [0, 0.1) is 0 Å². The standard InChI is InChI=1S/C8H14O4/c1-5-8(12-5)6(10-2)4-7(9)11-3/h5-6,8H,4H2,1-3H3/t5-,6?,8+/m0/s1. The molecular formula is C8H14O4. The van der Waals surface area contributed by atoms with Crippen LogP contribution in [0.2, 0.25) is 0 Å². The van der Waals surface area contributed by atoms with Gasteiger partial charge in [-0.2, -0.15) is 0 Å². The molecule has 1 heterocycles. The minimum Gasteiger partial charge on any atom is -0.469 e. The number of esters is 1. The van der Waals surface area contributed by atoms with Gasteiger partial charge in [-0.15, -0.1) is 0 Å². The van der Waals surface area contributed by atoms with Crippen molar-refractivity contribution in [2.24, 2.45) is 0 Å². The topological polar surface area (TPSA) is 48.1 Å². The Balaban J connectivity index is 2.31. The number of carbonyl (C=O) groups is 1. The van der Waals surface area contributed by atoms with E-state index in [0.717, 1.165) is 0 Å². The van der Waals surface area contributed by atoms with Gasteiger partial charge in [0.2, 0.25) is 0 Å². The molecule has 1 aliphatic rings. The maximum Gasteiger partial charge on any atom is 0.308 e. The lowest BCUT2D eigenvalue weighted by molar-refractivity contribution is -0.143. The Hall–Kier alpha value is -0.610. The van der Waals surface area contributed by atoms with Crippen molar-refractivity contribution >= 4 is 5.97 Å². The van der Waals surface area contributed by atoms with Gasteiger partial charge in [-0.25, -0.2) is 0 Å². The highest BCUT2D eigenvalue weighted by atomic mass is 16.6. The van der Waals surface area contributed by atoms with E-state index in [9.17, 15) is 4.79 Å². The monoisotopic (exact) mass is 174 g/mol. The second kappa shape index (κ2) is 3.87. The minimum atomic E-state index is -0.260. The molecule has 1 saturated heterocycles. The fourth-order valence-corrected chi connectivity index (χ4v) is 1.17. The van der Waals surface area contributed by atoms with Crippen LogP contribution in [0.25, 0.3) is 0 Å². The molecule has 0 aliphatic carbocycles. The summed E-state index contributed by atoms with van der Waals surface area (Å²) in [6.07, 6.45) is 0.378. The van der Waals surface area contributed by atoms with Crippen molar-refractivity contribution in [1.29, 1.82) is 0 Å². The van der Waals surface area contributed by atoms with Crippen LogP contribution in [0.15, 0.2) is 0 Å². The van der Waals surface area contributed by atoms with Crippen molar-refractivity contribution in [3.63, 3.8) is 0 Å². The van der Waals surface area contributed by atoms with Gasteiger partial charge in [-0.3, -0.25) is 4.79 Å². The first kappa shape index (κ1) is 9.48. The van der Waals surface area contributed by atoms with Crippen LogP contribution < -0.4 is 0 Å². The average molecular weight is 174 g/mol. The van der Waals surface area contributed by atoms with Crippen molar-refractivity contribution in [2.45, 2.75) is 31.7 Å². The molecular weight excluding hydrogens is 160 g/mol. The molecule has 12 heavy (non-hydrogen) atoms. The summed E-state index contributed by atoms with van der Waals surface area (Å²) >= 11 is 0. The molecule has 0 amide bonds. The Bertz CT molecular complexity index is 168. The third kappa shape index (κ3) is 2.19. The molecule has 0 aromatic carbocycles. The number of hydrogen-bond acceptors (Lipinski definition) is 4. The van der Waals surface area contributed by atoms with Crippen molar-refractivity contribution in [2.75, 3.05) is 14.2 Å².